The molecular weight excluding hydrogens is 288 g/mol. The van der Waals surface area contributed by atoms with Gasteiger partial charge in [0.1, 0.15) is 0 Å². The second-order valence-electron chi connectivity index (χ2n) is 4.59. The minimum absolute atomic E-state index is 0.0821. The lowest BCUT2D eigenvalue weighted by atomic mass is 10.2. The molecule has 0 saturated carbocycles. The summed E-state index contributed by atoms with van der Waals surface area (Å²) in [7, 11) is 3.46. The third-order valence-corrected chi connectivity index (χ3v) is 4.10. The maximum atomic E-state index is 11.6. The number of hydrogen-bond acceptors (Lipinski definition) is 4. The van der Waals surface area contributed by atoms with E-state index in [1.54, 1.807) is 24.1 Å². The Hall–Kier alpha value is -1.27. The molecular formula is C12H15ClN2O3S. The molecule has 0 unspecified atom stereocenters. The Kier molecular flexibility index (Phi) is 4.01. The fourth-order valence-corrected chi connectivity index (χ4v) is 2.95. The number of carbonyl (C=O) groups excluding carboxylic acids is 1. The van der Waals surface area contributed by atoms with E-state index in [-0.39, 0.29) is 11.7 Å². The summed E-state index contributed by atoms with van der Waals surface area (Å²) < 4.78 is 21.9. The molecule has 1 aliphatic heterocycles. The second kappa shape index (κ2) is 5.38. The third kappa shape index (κ3) is 3.84. The lowest BCUT2D eigenvalue weighted by Crippen LogP contribution is -2.48. The first-order valence-electron chi connectivity index (χ1n) is 5.85. The zero-order valence-electron chi connectivity index (χ0n) is 10.5. The number of likely N-dealkylation sites (N-methyl/N-ethyl adjacent to an activating group) is 1. The second-order valence-corrected chi connectivity index (χ2v) is 7.36. The number of benzene rings is 1. The molecule has 5 nitrogen and oxygen atoms in total. The SMILES string of the molecule is CN1CCN(c2ccc(CS(=O)(=O)Cl)cc2)CC1=O. The minimum atomic E-state index is -3.53. The number of rotatable bonds is 3. The molecule has 1 aromatic carbocycles. The van der Waals surface area contributed by atoms with Crippen molar-refractivity contribution in [1.29, 1.82) is 0 Å². The van der Waals surface area contributed by atoms with Crippen LogP contribution < -0.4 is 4.90 Å². The van der Waals surface area contributed by atoms with Gasteiger partial charge in [0.15, 0.2) is 0 Å². The van der Waals surface area contributed by atoms with Crippen LogP contribution in [0, 0.1) is 0 Å². The van der Waals surface area contributed by atoms with Gasteiger partial charge in [0.2, 0.25) is 15.0 Å². The fraction of sp³-hybridized carbons (Fsp3) is 0.417. The topological polar surface area (TPSA) is 57.7 Å². The zero-order valence-corrected chi connectivity index (χ0v) is 12.1. The molecule has 0 spiro atoms. The summed E-state index contributed by atoms with van der Waals surface area (Å²) in [5, 5.41) is 0. The van der Waals surface area contributed by atoms with Crippen LogP contribution in [-0.2, 0) is 19.6 Å². The summed E-state index contributed by atoms with van der Waals surface area (Å²) >= 11 is 0. The van der Waals surface area contributed by atoms with Crippen molar-refractivity contribution in [1.82, 2.24) is 4.90 Å². The van der Waals surface area contributed by atoms with E-state index in [1.807, 2.05) is 17.0 Å². The van der Waals surface area contributed by atoms with Crippen LogP contribution in [0.3, 0.4) is 0 Å². The van der Waals surface area contributed by atoms with Gasteiger partial charge >= 0.3 is 0 Å². The van der Waals surface area contributed by atoms with Crippen LogP contribution in [0.25, 0.3) is 0 Å². The van der Waals surface area contributed by atoms with E-state index >= 15 is 0 Å². The van der Waals surface area contributed by atoms with Crippen LogP contribution in [0.2, 0.25) is 0 Å². The summed E-state index contributed by atoms with van der Waals surface area (Å²) in [5.74, 6) is -0.102. The lowest BCUT2D eigenvalue weighted by Gasteiger charge is -2.33. The van der Waals surface area contributed by atoms with Crippen LogP contribution in [0.1, 0.15) is 5.56 Å². The quantitative estimate of drug-likeness (QED) is 0.783. The monoisotopic (exact) mass is 302 g/mol. The number of anilines is 1. The first-order chi connectivity index (χ1) is 8.85. The van der Waals surface area contributed by atoms with Crippen molar-refractivity contribution >= 4 is 31.3 Å². The molecule has 0 bridgehead atoms. The molecule has 7 heteroatoms. The molecule has 0 atom stereocenters. The maximum absolute atomic E-state index is 11.6. The van der Waals surface area contributed by atoms with Gasteiger partial charge < -0.3 is 9.80 Å². The molecule has 19 heavy (non-hydrogen) atoms. The number of nitrogens with zero attached hydrogens (tertiary/aromatic N) is 2. The zero-order chi connectivity index (χ0) is 14.0. The van der Waals surface area contributed by atoms with Crippen LogP contribution in [0.15, 0.2) is 24.3 Å². The van der Waals surface area contributed by atoms with Crippen LogP contribution in [0.4, 0.5) is 5.69 Å². The van der Waals surface area contributed by atoms with Gasteiger partial charge in [-0.05, 0) is 17.7 Å². The van der Waals surface area contributed by atoms with Gasteiger partial charge in [0.05, 0.1) is 12.3 Å². The average Bonchev–Trinajstić information content (AvgIpc) is 2.32. The normalized spacial score (nSPS) is 16.8. The highest BCUT2D eigenvalue weighted by Gasteiger charge is 2.21. The summed E-state index contributed by atoms with van der Waals surface area (Å²) in [6.45, 7) is 1.82. The van der Waals surface area contributed by atoms with Crippen LogP contribution in [-0.4, -0.2) is 45.9 Å². The van der Waals surface area contributed by atoms with Crippen molar-refractivity contribution in [3.05, 3.63) is 29.8 Å². The highest BCUT2D eigenvalue weighted by Crippen LogP contribution is 2.19. The molecule has 0 aliphatic carbocycles. The molecule has 2 rings (SSSR count). The highest BCUT2D eigenvalue weighted by atomic mass is 35.7. The molecule has 104 valence electrons. The summed E-state index contributed by atoms with van der Waals surface area (Å²) in [4.78, 5) is 15.3. The number of hydrogen-bond donors (Lipinski definition) is 0. The Bertz CT molecular complexity index is 571. The highest BCUT2D eigenvalue weighted by molar-refractivity contribution is 8.13. The summed E-state index contributed by atoms with van der Waals surface area (Å²) in [6, 6.07) is 7.07. The number of carbonyl (C=O) groups is 1. The molecule has 0 radical (unpaired) electrons. The van der Waals surface area contributed by atoms with Gasteiger partial charge in [-0.25, -0.2) is 8.42 Å². The van der Waals surface area contributed by atoms with Gasteiger partial charge in [0, 0.05) is 36.5 Å². The van der Waals surface area contributed by atoms with Crippen molar-refractivity contribution in [2.24, 2.45) is 0 Å². The van der Waals surface area contributed by atoms with E-state index in [9.17, 15) is 13.2 Å². The van der Waals surface area contributed by atoms with Gasteiger partial charge in [-0.15, -0.1) is 0 Å². The Balaban J connectivity index is 2.08. The Morgan fingerprint density at radius 3 is 2.37 bits per heavy atom. The standard InChI is InChI=1S/C12H15ClN2O3S/c1-14-6-7-15(8-12(14)16)11-4-2-10(3-5-11)9-19(13,17)18/h2-5H,6-9H2,1H3. The van der Waals surface area contributed by atoms with E-state index in [0.29, 0.717) is 18.7 Å². The third-order valence-electron chi connectivity index (χ3n) is 3.10. The lowest BCUT2D eigenvalue weighted by molar-refractivity contribution is -0.129. The molecule has 1 saturated heterocycles. The van der Waals surface area contributed by atoms with Crippen LogP contribution in [0.5, 0.6) is 0 Å². The fourth-order valence-electron chi connectivity index (χ4n) is 1.98. The first kappa shape index (κ1) is 14.1. The minimum Gasteiger partial charge on any atom is -0.360 e. The van der Waals surface area contributed by atoms with E-state index in [2.05, 4.69) is 0 Å². The molecule has 1 aliphatic rings. The smallest absolute Gasteiger partial charge is 0.241 e. The predicted octanol–water partition coefficient (Wildman–Crippen LogP) is 1.03. The van der Waals surface area contributed by atoms with E-state index in [4.69, 9.17) is 10.7 Å². The van der Waals surface area contributed by atoms with E-state index in [0.717, 1.165) is 12.2 Å². The summed E-state index contributed by atoms with van der Waals surface area (Å²) in [6.07, 6.45) is 0. The van der Waals surface area contributed by atoms with E-state index in [1.165, 1.54) is 0 Å². The molecule has 1 amide bonds. The van der Waals surface area contributed by atoms with Crippen molar-refractivity contribution in [3.63, 3.8) is 0 Å². The number of amides is 1. The summed E-state index contributed by atoms with van der Waals surface area (Å²) in [5.41, 5.74) is 1.55. The number of piperazine rings is 1. The average molecular weight is 303 g/mol. The number of halogens is 1. The first-order valence-corrected chi connectivity index (χ1v) is 8.33. The van der Waals surface area contributed by atoms with E-state index < -0.39 is 9.05 Å². The molecule has 0 N–H and O–H groups in total. The Morgan fingerprint density at radius 2 is 1.84 bits per heavy atom. The molecule has 1 aromatic rings. The van der Waals surface area contributed by atoms with Crippen molar-refractivity contribution in [2.75, 3.05) is 31.6 Å². The van der Waals surface area contributed by atoms with Gasteiger partial charge in [-0.1, -0.05) is 12.1 Å². The molecule has 0 aromatic heterocycles. The Morgan fingerprint density at radius 1 is 1.21 bits per heavy atom. The van der Waals surface area contributed by atoms with Crippen molar-refractivity contribution in [2.45, 2.75) is 5.75 Å². The maximum Gasteiger partial charge on any atom is 0.241 e. The van der Waals surface area contributed by atoms with Crippen LogP contribution >= 0.6 is 10.7 Å². The predicted molar refractivity (Wildman–Crippen MR) is 74.8 cm³/mol. The Labute approximate surface area is 117 Å². The van der Waals surface area contributed by atoms with Crippen molar-refractivity contribution in [3.8, 4) is 0 Å². The van der Waals surface area contributed by atoms with Crippen molar-refractivity contribution < 1.29 is 13.2 Å². The van der Waals surface area contributed by atoms with Gasteiger partial charge in [-0.3, -0.25) is 4.79 Å². The molecule has 1 heterocycles. The largest absolute Gasteiger partial charge is 0.360 e. The molecule has 1 fully saturated rings. The van der Waals surface area contributed by atoms with Gasteiger partial charge in [0.25, 0.3) is 0 Å². The van der Waals surface area contributed by atoms with Gasteiger partial charge in [-0.2, -0.15) is 0 Å².